The lowest BCUT2D eigenvalue weighted by atomic mass is 10.0. The molecule has 0 saturated carbocycles. The van der Waals surface area contributed by atoms with E-state index in [-0.39, 0.29) is 12.5 Å². The van der Waals surface area contributed by atoms with Crippen molar-refractivity contribution in [3.63, 3.8) is 0 Å². The van der Waals surface area contributed by atoms with E-state index in [9.17, 15) is 4.79 Å². The second kappa shape index (κ2) is 9.18. The molecule has 3 heterocycles. The fourth-order valence-electron chi connectivity index (χ4n) is 3.73. The van der Waals surface area contributed by atoms with Crippen LogP contribution in [0.3, 0.4) is 0 Å². The van der Waals surface area contributed by atoms with Crippen LogP contribution < -0.4 is 4.90 Å². The number of hydrogen-bond acceptors (Lipinski definition) is 6. The van der Waals surface area contributed by atoms with Gasteiger partial charge in [0.1, 0.15) is 17.0 Å². The number of halogens is 2. The number of aryl methyl sites for hydroxylation is 2. The van der Waals surface area contributed by atoms with E-state index in [2.05, 4.69) is 10.1 Å². The smallest absolute Gasteiger partial charge is 0.266 e. The summed E-state index contributed by atoms with van der Waals surface area (Å²) in [6.45, 7) is 3.88. The summed E-state index contributed by atoms with van der Waals surface area (Å²) >= 11 is 14.1. The van der Waals surface area contributed by atoms with Crippen LogP contribution in [0.5, 0.6) is 0 Å². The van der Waals surface area contributed by atoms with Crippen molar-refractivity contribution >= 4 is 55.8 Å². The van der Waals surface area contributed by atoms with Crippen molar-refractivity contribution in [2.75, 3.05) is 4.90 Å². The molecule has 0 aliphatic carbocycles. The molecule has 0 N–H and O–H groups in total. The molecule has 0 bridgehead atoms. The topological polar surface area (TPSA) is 72.1 Å². The summed E-state index contributed by atoms with van der Waals surface area (Å²) < 4.78 is 6.35. The highest BCUT2D eigenvalue weighted by atomic mass is 35.5. The summed E-state index contributed by atoms with van der Waals surface area (Å²) in [4.78, 5) is 24.9. The number of aromatic nitrogens is 3. The molecule has 6 nitrogen and oxygen atoms in total. The van der Waals surface area contributed by atoms with Crippen molar-refractivity contribution < 1.29 is 9.32 Å². The van der Waals surface area contributed by atoms with E-state index < -0.39 is 0 Å². The van der Waals surface area contributed by atoms with Crippen molar-refractivity contribution in [3.8, 4) is 11.3 Å². The third kappa shape index (κ3) is 4.18. The Hall–Kier alpha value is -3.26. The number of anilines is 1. The van der Waals surface area contributed by atoms with E-state index in [0.717, 1.165) is 21.5 Å². The predicted molar refractivity (Wildman–Crippen MR) is 136 cm³/mol. The zero-order valence-electron chi connectivity index (χ0n) is 18.3. The lowest BCUT2D eigenvalue weighted by Crippen LogP contribution is -2.31. The zero-order valence-corrected chi connectivity index (χ0v) is 20.6. The monoisotopic (exact) mass is 508 g/mol. The minimum Gasteiger partial charge on any atom is -0.360 e. The third-order valence-corrected chi connectivity index (χ3v) is 6.94. The van der Waals surface area contributed by atoms with Gasteiger partial charge in [-0.3, -0.25) is 14.7 Å². The number of carbonyl (C=O) groups is 1. The predicted octanol–water partition coefficient (Wildman–Crippen LogP) is 7.12. The first-order valence-electron chi connectivity index (χ1n) is 10.4. The Morgan fingerprint density at radius 2 is 1.88 bits per heavy atom. The molecule has 3 aromatic heterocycles. The van der Waals surface area contributed by atoms with Crippen molar-refractivity contribution in [1.29, 1.82) is 0 Å². The van der Waals surface area contributed by atoms with Gasteiger partial charge < -0.3 is 4.52 Å². The number of rotatable bonds is 5. The first-order valence-corrected chi connectivity index (χ1v) is 12.0. The highest BCUT2D eigenvalue weighted by Crippen LogP contribution is 2.37. The summed E-state index contributed by atoms with van der Waals surface area (Å²) in [6.07, 6.45) is 1.69. The second-order valence-corrected chi connectivity index (χ2v) is 9.57. The van der Waals surface area contributed by atoms with Gasteiger partial charge in [0.15, 0.2) is 5.13 Å². The highest BCUT2D eigenvalue weighted by molar-refractivity contribution is 7.22. The van der Waals surface area contributed by atoms with Gasteiger partial charge in [-0.05, 0) is 49.7 Å². The standard InChI is InChI=1S/C25H18Cl2N4O2S/c1-14-11-16(26)12-20-22(14)29-25(34-20)31(13-17-7-5-6-10-28-17)24(32)21-15(2)33-30-23(21)18-8-3-4-9-19(18)27/h3-12H,13H2,1-2H3. The van der Waals surface area contributed by atoms with Gasteiger partial charge in [0.05, 0.1) is 27.5 Å². The normalized spacial score (nSPS) is 11.2. The van der Waals surface area contributed by atoms with Crippen molar-refractivity contribution in [3.05, 3.63) is 93.4 Å². The van der Waals surface area contributed by atoms with Crippen molar-refractivity contribution in [2.45, 2.75) is 20.4 Å². The van der Waals surface area contributed by atoms with Crippen LogP contribution in [0.25, 0.3) is 21.5 Å². The van der Waals surface area contributed by atoms with Crippen LogP contribution in [0.1, 0.15) is 27.4 Å². The van der Waals surface area contributed by atoms with Crippen LogP contribution in [0.15, 0.2) is 65.3 Å². The van der Waals surface area contributed by atoms with Gasteiger partial charge in [-0.1, -0.05) is 64.0 Å². The molecular formula is C25H18Cl2N4O2S. The Bertz CT molecular complexity index is 1510. The average molecular weight is 509 g/mol. The molecule has 0 unspecified atom stereocenters. The van der Waals surface area contributed by atoms with Crippen LogP contribution in [-0.4, -0.2) is 21.0 Å². The molecule has 0 aliphatic heterocycles. The fourth-order valence-corrected chi connectivity index (χ4v) is 5.38. The molecule has 0 atom stereocenters. The van der Waals surface area contributed by atoms with Crippen molar-refractivity contribution in [1.82, 2.24) is 15.1 Å². The Labute approximate surface area is 209 Å². The van der Waals surface area contributed by atoms with Crippen LogP contribution in [0, 0.1) is 13.8 Å². The van der Waals surface area contributed by atoms with Crippen LogP contribution in [0.4, 0.5) is 5.13 Å². The van der Waals surface area contributed by atoms with Gasteiger partial charge in [-0.25, -0.2) is 4.98 Å². The van der Waals surface area contributed by atoms with E-state index in [4.69, 9.17) is 32.7 Å². The molecule has 0 saturated heterocycles. The molecule has 0 aliphatic rings. The van der Waals surface area contributed by atoms with E-state index >= 15 is 0 Å². The van der Waals surface area contributed by atoms with Gasteiger partial charge in [0.2, 0.25) is 0 Å². The van der Waals surface area contributed by atoms with Gasteiger partial charge >= 0.3 is 0 Å². The molecule has 0 spiro atoms. The molecule has 2 aromatic carbocycles. The lowest BCUT2D eigenvalue weighted by Gasteiger charge is -2.19. The third-order valence-electron chi connectivity index (χ3n) is 5.37. The molecule has 9 heteroatoms. The molecule has 1 amide bonds. The van der Waals surface area contributed by atoms with Gasteiger partial charge in [-0.15, -0.1) is 0 Å². The number of carbonyl (C=O) groups excluding carboxylic acids is 1. The van der Waals surface area contributed by atoms with Gasteiger partial charge in [-0.2, -0.15) is 0 Å². The summed E-state index contributed by atoms with van der Waals surface area (Å²) in [6, 6.07) is 16.5. The largest absolute Gasteiger partial charge is 0.360 e. The number of amides is 1. The Morgan fingerprint density at radius 3 is 2.65 bits per heavy atom. The van der Waals surface area contributed by atoms with E-state index in [1.807, 2.05) is 55.5 Å². The average Bonchev–Trinajstić information content (AvgIpc) is 3.42. The molecule has 0 fully saturated rings. The molecule has 5 rings (SSSR count). The first-order chi connectivity index (χ1) is 16.4. The van der Waals surface area contributed by atoms with Crippen LogP contribution in [-0.2, 0) is 6.54 Å². The summed E-state index contributed by atoms with van der Waals surface area (Å²) in [5.74, 6) is 0.0911. The van der Waals surface area contributed by atoms with E-state index in [1.54, 1.807) is 24.1 Å². The lowest BCUT2D eigenvalue weighted by molar-refractivity contribution is 0.0984. The Morgan fingerprint density at radius 1 is 1.09 bits per heavy atom. The first kappa shape index (κ1) is 22.5. The summed E-state index contributed by atoms with van der Waals surface area (Å²) in [5.41, 5.74) is 3.80. The number of fused-ring (bicyclic) bond motifs is 1. The van der Waals surface area contributed by atoms with Gasteiger partial charge in [0, 0.05) is 16.8 Å². The van der Waals surface area contributed by atoms with Crippen molar-refractivity contribution in [2.24, 2.45) is 0 Å². The molecule has 34 heavy (non-hydrogen) atoms. The maximum atomic E-state index is 14.1. The Kier molecular flexibility index (Phi) is 6.08. The quantitative estimate of drug-likeness (QED) is 0.252. The minimum atomic E-state index is -0.304. The molecule has 5 aromatic rings. The minimum absolute atomic E-state index is 0.221. The Balaban J connectivity index is 1.65. The maximum absolute atomic E-state index is 14.1. The van der Waals surface area contributed by atoms with E-state index in [1.165, 1.54) is 11.3 Å². The number of nitrogens with zero attached hydrogens (tertiary/aromatic N) is 4. The van der Waals surface area contributed by atoms with Crippen LogP contribution >= 0.6 is 34.5 Å². The SMILES string of the molecule is Cc1onc(-c2ccccc2Cl)c1C(=O)N(Cc1ccccn1)c1nc2c(C)cc(Cl)cc2s1. The maximum Gasteiger partial charge on any atom is 0.266 e. The number of pyridine rings is 1. The number of hydrogen-bond donors (Lipinski definition) is 0. The summed E-state index contributed by atoms with van der Waals surface area (Å²) in [7, 11) is 0. The van der Waals surface area contributed by atoms with E-state index in [0.29, 0.717) is 37.8 Å². The number of benzene rings is 2. The molecular weight excluding hydrogens is 491 g/mol. The molecule has 0 radical (unpaired) electrons. The summed E-state index contributed by atoms with van der Waals surface area (Å²) in [5, 5.41) is 5.79. The second-order valence-electron chi connectivity index (χ2n) is 7.72. The zero-order chi connectivity index (χ0) is 23.8. The fraction of sp³-hybridized carbons (Fsp3) is 0.120. The number of thiazole rings is 1. The molecule has 170 valence electrons. The highest BCUT2D eigenvalue weighted by Gasteiger charge is 2.30. The van der Waals surface area contributed by atoms with Gasteiger partial charge in [0.25, 0.3) is 5.91 Å². The van der Waals surface area contributed by atoms with Crippen LogP contribution in [0.2, 0.25) is 10.0 Å².